The van der Waals surface area contributed by atoms with Gasteiger partial charge in [0.1, 0.15) is 0 Å². The van der Waals surface area contributed by atoms with Crippen molar-refractivity contribution in [3.8, 4) is 0 Å². The molecular weight excluding hydrogens is 210 g/mol. The molecule has 1 rings (SSSR count). The highest BCUT2D eigenvalue weighted by molar-refractivity contribution is 5.18. The number of hydrogen-bond donors (Lipinski definition) is 2. The minimum Gasteiger partial charge on any atom is -0.394 e. The summed E-state index contributed by atoms with van der Waals surface area (Å²) in [6.45, 7) is 4.57. The summed E-state index contributed by atoms with van der Waals surface area (Å²) in [6.07, 6.45) is 4.99. The molecule has 0 saturated heterocycles. The third-order valence-electron chi connectivity index (χ3n) is 3.11. The van der Waals surface area contributed by atoms with Crippen LogP contribution in [-0.4, -0.2) is 17.8 Å². The van der Waals surface area contributed by atoms with Crippen LogP contribution in [0.3, 0.4) is 0 Å². The van der Waals surface area contributed by atoms with Crippen LogP contribution in [0.15, 0.2) is 30.3 Å². The van der Waals surface area contributed by atoms with E-state index in [2.05, 4.69) is 31.3 Å². The lowest BCUT2D eigenvalue weighted by atomic mass is 10.0. The van der Waals surface area contributed by atoms with E-state index >= 15 is 0 Å². The minimum atomic E-state index is 0.0628. The zero-order chi connectivity index (χ0) is 12.5. The molecule has 1 aromatic rings. The van der Waals surface area contributed by atoms with Gasteiger partial charge in [-0.2, -0.15) is 0 Å². The van der Waals surface area contributed by atoms with Crippen LogP contribution in [0.25, 0.3) is 0 Å². The van der Waals surface area contributed by atoms with Crippen LogP contribution >= 0.6 is 0 Å². The van der Waals surface area contributed by atoms with Crippen LogP contribution < -0.4 is 5.32 Å². The van der Waals surface area contributed by atoms with E-state index in [9.17, 15) is 5.11 Å². The Bertz CT molecular complexity index is 286. The first-order chi connectivity index (χ1) is 8.27. The monoisotopic (exact) mass is 235 g/mol. The zero-order valence-electron chi connectivity index (χ0n) is 11.0. The maximum atomic E-state index is 9.44. The molecule has 0 aromatic heterocycles. The van der Waals surface area contributed by atoms with Crippen molar-refractivity contribution in [1.29, 1.82) is 0 Å². The average Bonchev–Trinajstić information content (AvgIpc) is 2.37. The molecule has 2 N–H and O–H groups in total. The van der Waals surface area contributed by atoms with Gasteiger partial charge in [0.15, 0.2) is 0 Å². The average molecular weight is 235 g/mol. The van der Waals surface area contributed by atoms with E-state index < -0.39 is 0 Å². The Morgan fingerprint density at radius 1 is 1.18 bits per heavy atom. The summed E-state index contributed by atoms with van der Waals surface area (Å²) < 4.78 is 0. The normalized spacial score (nSPS) is 14.5. The first-order valence-corrected chi connectivity index (χ1v) is 6.69. The quantitative estimate of drug-likeness (QED) is 0.678. The van der Waals surface area contributed by atoms with Gasteiger partial charge < -0.3 is 10.4 Å². The van der Waals surface area contributed by atoms with Gasteiger partial charge in [-0.15, -0.1) is 0 Å². The number of aliphatic hydroxyl groups excluding tert-OH is 1. The molecule has 0 aliphatic heterocycles. The van der Waals surface area contributed by atoms with Gasteiger partial charge in [0.05, 0.1) is 12.6 Å². The van der Waals surface area contributed by atoms with Crippen molar-refractivity contribution in [2.75, 3.05) is 6.61 Å². The van der Waals surface area contributed by atoms with Crippen LogP contribution in [-0.2, 0) is 0 Å². The predicted octanol–water partition coefficient (Wildman–Crippen LogP) is 3.28. The topological polar surface area (TPSA) is 32.3 Å². The molecule has 0 saturated carbocycles. The Morgan fingerprint density at radius 2 is 1.88 bits per heavy atom. The highest BCUT2D eigenvalue weighted by atomic mass is 16.3. The lowest BCUT2D eigenvalue weighted by Crippen LogP contribution is -2.32. The Kier molecular flexibility index (Phi) is 6.90. The molecule has 0 aliphatic rings. The number of hydrogen-bond acceptors (Lipinski definition) is 2. The van der Waals surface area contributed by atoms with Crippen molar-refractivity contribution in [3.05, 3.63) is 35.9 Å². The van der Waals surface area contributed by atoms with Gasteiger partial charge in [0.25, 0.3) is 0 Å². The third kappa shape index (κ3) is 5.33. The Labute approximate surface area is 105 Å². The number of nitrogens with one attached hydrogen (secondary N) is 1. The first-order valence-electron chi connectivity index (χ1n) is 6.69. The number of aliphatic hydroxyl groups is 1. The fourth-order valence-electron chi connectivity index (χ4n) is 2.07. The molecule has 0 radical (unpaired) electrons. The third-order valence-corrected chi connectivity index (χ3v) is 3.11. The van der Waals surface area contributed by atoms with Crippen LogP contribution in [0.2, 0.25) is 0 Å². The van der Waals surface area contributed by atoms with Crippen molar-refractivity contribution >= 4 is 0 Å². The molecule has 1 aromatic carbocycles. The van der Waals surface area contributed by atoms with E-state index in [0.29, 0.717) is 6.04 Å². The highest BCUT2D eigenvalue weighted by Crippen LogP contribution is 2.14. The molecule has 0 spiro atoms. The summed E-state index contributed by atoms with van der Waals surface area (Å²) in [5.74, 6) is 0. The van der Waals surface area contributed by atoms with E-state index in [0.717, 1.165) is 5.56 Å². The van der Waals surface area contributed by atoms with Gasteiger partial charge in [-0.1, -0.05) is 56.5 Å². The lowest BCUT2D eigenvalue weighted by Gasteiger charge is -2.22. The zero-order valence-corrected chi connectivity index (χ0v) is 11.0. The molecule has 0 aliphatic carbocycles. The van der Waals surface area contributed by atoms with Gasteiger partial charge in [-0.25, -0.2) is 0 Å². The maximum Gasteiger partial charge on any atom is 0.0626 e. The van der Waals surface area contributed by atoms with Crippen LogP contribution in [0.4, 0.5) is 0 Å². The number of rotatable bonds is 8. The van der Waals surface area contributed by atoms with Crippen molar-refractivity contribution in [3.63, 3.8) is 0 Å². The molecule has 0 fully saturated rings. The van der Waals surface area contributed by atoms with Gasteiger partial charge in [-0.3, -0.25) is 0 Å². The van der Waals surface area contributed by atoms with Gasteiger partial charge >= 0.3 is 0 Å². The largest absolute Gasteiger partial charge is 0.394 e. The molecular formula is C15H25NO. The summed E-state index contributed by atoms with van der Waals surface area (Å²) in [7, 11) is 0. The fourth-order valence-corrected chi connectivity index (χ4v) is 2.07. The molecule has 0 heterocycles. The molecule has 17 heavy (non-hydrogen) atoms. The van der Waals surface area contributed by atoms with Gasteiger partial charge in [-0.05, 0) is 18.9 Å². The molecule has 96 valence electrons. The van der Waals surface area contributed by atoms with Crippen molar-refractivity contribution in [2.24, 2.45) is 0 Å². The Hall–Kier alpha value is -0.860. The second kappa shape index (κ2) is 8.26. The van der Waals surface area contributed by atoms with Crippen molar-refractivity contribution < 1.29 is 5.11 Å². The van der Waals surface area contributed by atoms with E-state index in [1.54, 1.807) is 0 Å². The van der Waals surface area contributed by atoms with E-state index in [1.165, 1.54) is 25.7 Å². The molecule has 0 bridgehead atoms. The summed E-state index contributed by atoms with van der Waals surface area (Å²) in [4.78, 5) is 0. The maximum absolute atomic E-state index is 9.44. The summed E-state index contributed by atoms with van der Waals surface area (Å²) in [5, 5.41) is 12.9. The van der Waals surface area contributed by atoms with Crippen LogP contribution in [0.5, 0.6) is 0 Å². The van der Waals surface area contributed by atoms with Crippen molar-refractivity contribution in [1.82, 2.24) is 5.32 Å². The van der Waals surface area contributed by atoms with Crippen molar-refractivity contribution in [2.45, 2.75) is 51.6 Å². The van der Waals surface area contributed by atoms with E-state index in [4.69, 9.17) is 0 Å². The number of unbranched alkanes of at least 4 members (excludes halogenated alkanes) is 2. The van der Waals surface area contributed by atoms with E-state index in [-0.39, 0.29) is 12.6 Å². The molecule has 2 nitrogen and oxygen atoms in total. The van der Waals surface area contributed by atoms with Gasteiger partial charge in [0, 0.05) is 6.04 Å². The summed E-state index contributed by atoms with van der Waals surface area (Å²) in [5.41, 5.74) is 1.16. The predicted molar refractivity (Wildman–Crippen MR) is 73.0 cm³/mol. The smallest absolute Gasteiger partial charge is 0.0626 e. The summed E-state index contributed by atoms with van der Waals surface area (Å²) >= 11 is 0. The fraction of sp³-hybridized carbons (Fsp3) is 0.600. The second-order valence-electron chi connectivity index (χ2n) is 4.71. The summed E-state index contributed by atoms with van der Waals surface area (Å²) in [6, 6.07) is 10.7. The van der Waals surface area contributed by atoms with Crippen LogP contribution in [0, 0.1) is 0 Å². The second-order valence-corrected chi connectivity index (χ2v) is 4.71. The van der Waals surface area contributed by atoms with Crippen LogP contribution in [0.1, 0.15) is 51.1 Å². The first kappa shape index (κ1) is 14.2. The van der Waals surface area contributed by atoms with E-state index in [1.807, 2.05) is 18.2 Å². The van der Waals surface area contributed by atoms with Gasteiger partial charge in [0.2, 0.25) is 0 Å². The molecule has 1 unspecified atom stereocenters. The highest BCUT2D eigenvalue weighted by Gasteiger charge is 2.12. The number of benzene rings is 1. The SMILES string of the molecule is CCCCCC(C)N[C@H](CO)c1ccccc1. The minimum absolute atomic E-state index is 0.0628. The molecule has 2 heteroatoms. The molecule has 0 amide bonds. The molecule has 2 atom stereocenters. The lowest BCUT2D eigenvalue weighted by molar-refractivity contribution is 0.232. The Balaban J connectivity index is 2.41. The Morgan fingerprint density at radius 3 is 2.47 bits per heavy atom. The standard InChI is InChI=1S/C15H25NO/c1-3-4-6-9-13(2)16-15(12-17)14-10-7-5-8-11-14/h5,7-8,10-11,13,15-17H,3-4,6,9,12H2,1-2H3/t13?,15-/m1/s1.